The van der Waals surface area contributed by atoms with Crippen molar-refractivity contribution in [2.24, 2.45) is 0 Å². The molecule has 2 rings (SSSR count). The quantitative estimate of drug-likeness (QED) is 0.803. The van der Waals surface area contributed by atoms with Crippen LogP contribution in [-0.4, -0.2) is 16.6 Å². The van der Waals surface area contributed by atoms with Gasteiger partial charge in [-0.2, -0.15) is 0 Å². The van der Waals surface area contributed by atoms with Gasteiger partial charge in [0.05, 0.1) is 10.7 Å². The number of thioether (sulfide) groups is 1. The Morgan fingerprint density at radius 3 is 2.81 bits per heavy atom. The van der Waals surface area contributed by atoms with Crippen molar-refractivity contribution in [2.45, 2.75) is 11.3 Å². The van der Waals surface area contributed by atoms with Crippen molar-refractivity contribution < 1.29 is 4.79 Å². The van der Waals surface area contributed by atoms with Crippen molar-refractivity contribution in [3.63, 3.8) is 0 Å². The van der Waals surface area contributed by atoms with Crippen molar-refractivity contribution in [1.82, 2.24) is 4.98 Å². The minimum absolute atomic E-state index is 0.116. The number of nitrogen functional groups attached to an aromatic ring is 1. The lowest BCUT2D eigenvalue weighted by molar-refractivity contribution is -0.115. The number of carbonyl (C=O) groups excluding carboxylic acids is 1. The monoisotopic (exact) mass is 341 g/mol. The van der Waals surface area contributed by atoms with E-state index in [9.17, 15) is 4.79 Å². The first kappa shape index (κ1) is 15.9. The Hall–Kier alpha value is -1.43. The fourth-order valence-electron chi connectivity index (χ4n) is 1.54. The standard InChI is InChI=1S/C14H13Cl2N3OS/c15-9-1-3-11(16)12(7-9)19-14(20)5-6-21-10-2-4-13(17)18-8-10/h1-4,7-8H,5-6H2,(H2,17,18)(H,19,20). The number of nitrogens with zero attached hydrogens (tertiary/aromatic N) is 1. The number of rotatable bonds is 5. The van der Waals surface area contributed by atoms with Crippen molar-refractivity contribution in [3.8, 4) is 0 Å². The third-order valence-corrected chi connectivity index (χ3v) is 4.11. The van der Waals surface area contributed by atoms with E-state index < -0.39 is 0 Å². The second kappa shape index (κ2) is 7.54. The molecule has 1 aromatic heterocycles. The molecule has 0 saturated heterocycles. The van der Waals surface area contributed by atoms with Crippen LogP contribution in [-0.2, 0) is 4.79 Å². The van der Waals surface area contributed by atoms with Crippen LogP contribution in [0.1, 0.15) is 6.42 Å². The van der Waals surface area contributed by atoms with Crippen molar-refractivity contribution in [1.29, 1.82) is 0 Å². The molecule has 0 radical (unpaired) electrons. The Bertz CT molecular complexity index is 635. The third kappa shape index (κ3) is 5.12. The predicted octanol–water partition coefficient (Wildman–Crippen LogP) is 4.09. The van der Waals surface area contributed by atoms with E-state index in [0.717, 1.165) is 4.90 Å². The number of anilines is 2. The number of nitrogens with one attached hydrogen (secondary N) is 1. The van der Waals surface area contributed by atoms with Crippen LogP contribution in [0.5, 0.6) is 0 Å². The maximum absolute atomic E-state index is 11.9. The molecule has 110 valence electrons. The van der Waals surface area contributed by atoms with Gasteiger partial charge in [0.15, 0.2) is 0 Å². The van der Waals surface area contributed by atoms with Crippen LogP contribution >= 0.6 is 35.0 Å². The fraction of sp³-hybridized carbons (Fsp3) is 0.143. The minimum atomic E-state index is -0.116. The van der Waals surface area contributed by atoms with Crippen LogP contribution in [0.2, 0.25) is 10.0 Å². The molecule has 0 aliphatic heterocycles. The smallest absolute Gasteiger partial charge is 0.225 e. The average molecular weight is 342 g/mol. The van der Waals surface area contributed by atoms with E-state index >= 15 is 0 Å². The van der Waals surface area contributed by atoms with Crippen LogP contribution in [0, 0.1) is 0 Å². The molecule has 7 heteroatoms. The molecular weight excluding hydrogens is 329 g/mol. The van der Waals surface area contributed by atoms with E-state index in [1.165, 1.54) is 11.8 Å². The zero-order chi connectivity index (χ0) is 15.2. The fourth-order valence-corrected chi connectivity index (χ4v) is 2.70. The summed E-state index contributed by atoms with van der Waals surface area (Å²) in [6.45, 7) is 0. The normalized spacial score (nSPS) is 10.4. The summed E-state index contributed by atoms with van der Waals surface area (Å²) in [5.74, 6) is 0.998. The molecule has 0 bridgehead atoms. The second-order valence-corrected chi connectivity index (χ2v) is 6.20. The van der Waals surface area contributed by atoms with Crippen LogP contribution in [0.3, 0.4) is 0 Å². The second-order valence-electron chi connectivity index (χ2n) is 4.19. The molecule has 4 nitrogen and oxygen atoms in total. The number of aromatic nitrogens is 1. The van der Waals surface area contributed by atoms with Crippen molar-refractivity contribution in [3.05, 3.63) is 46.6 Å². The van der Waals surface area contributed by atoms with Gasteiger partial charge in [-0.1, -0.05) is 23.2 Å². The van der Waals surface area contributed by atoms with Gasteiger partial charge in [-0.25, -0.2) is 4.98 Å². The molecule has 2 aromatic rings. The molecule has 21 heavy (non-hydrogen) atoms. The zero-order valence-corrected chi connectivity index (χ0v) is 13.3. The molecule has 1 amide bonds. The number of hydrogen-bond acceptors (Lipinski definition) is 4. The summed E-state index contributed by atoms with van der Waals surface area (Å²) in [6, 6.07) is 8.55. The molecule has 0 unspecified atom stereocenters. The van der Waals surface area contributed by atoms with Crippen molar-refractivity contribution in [2.75, 3.05) is 16.8 Å². The number of halogens is 2. The molecule has 0 atom stereocenters. The van der Waals surface area contributed by atoms with E-state index in [1.807, 2.05) is 6.07 Å². The largest absolute Gasteiger partial charge is 0.384 e. The molecule has 0 saturated carbocycles. The summed E-state index contributed by atoms with van der Waals surface area (Å²) >= 11 is 13.4. The van der Waals surface area contributed by atoms with Crippen molar-refractivity contribution >= 4 is 52.4 Å². The Morgan fingerprint density at radius 1 is 1.29 bits per heavy atom. The summed E-state index contributed by atoms with van der Waals surface area (Å²) in [6.07, 6.45) is 2.05. The molecule has 3 N–H and O–H groups in total. The van der Waals surface area contributed by atoms with Gasteiger partial charge in [0.25, 0.3) is 0 Å². The maximum atomic E-state index is 11.9. The van der Waals surface area contributed by atoms with Gasteiger partial charge in [-0.3, -0.25) is 4.79 Å². The number of carbonyl (C=O) groups is 1. The summed E-state index contributed by atoms with van der Waals surface area (Å²) < 4.78 is 0. The highest BCUT2D eigenvalue weighted by molar-refractivity contribution is 7.99. The van der Waals surface area contributed by atoms with E-state index in [0.29, 0.717) is 33.7 Å². The van der Waals surface area contributed by atoms with Gasteiger partial charge < -0.3 is 11.1 Å². The Labute approximate surface area is 137 Å². The first-order valence-corrected chi connectivity index (χ1v) is 7.88. The average Bonchev–Trinajstić information content (AvgIpc) is 2.45. The minimum Gasteiger partial charge on any atom is -0.384 e. The Kier molecular flexibility index (Phi) is 5.73. The van der Waals surface area contributed by atoms with Gasteiger partial charge in [0, 0.05) is 28.3 Å². The first-order valence-electron chi connectivity index (χ1n) is 6.14. The van der Waals surface area contributed by atoms with Gasteiger partial charge in [-0.05, 0) is 30.3 Å². The zero-order valence-electron chi connectivity index (χ0n) is 11.0. The van der Waals surface area contributed by atoms with Crippen LogP contribution in [0.4, 0.5) is 11.5 Å². The summed E-state index contributed by atoms with van der Waals surface area (Å²) in [4.78, 5) is 16.8. The molecule has 0 fully saturated rings. The SMILES string of the molecule is Nc1ccc(SCCC(=O)Nc2cc(Cl)ccc2Cl)cn1. The molecule has 0 spiro atoms. The molecule has 1 aromatic carbocycles. The lowest BCUT2D eigenvalue weighted by Crippen LogP contribution is -2.12. The molecule has 0 aliphatic rings. The lowest BCUT2D eigenvalue weighted by atomic mass is 10.3. The first-order chi connectivity index (χ1) is 10.0. The van der Waals surface area contributed by atoms with Crippen LogP contribution in [0.15, 0.2) is 41.4 Å². The Morgan fingerprint density at radius 2 is 2.10 bits per heavy atom. The summed E-state index contributed by atoms with van der Waals surface area (Å²) in [5, 5.41) is 3.73. The molecule has 1 heterocycles. The van der Waals surface area contributed by atoms with Crippen LogP contribution in [0.25, 0.3) is 0 Å². The van der Waals surface area contributed by atoms with Gasteiger partial charge in [0.2, 0.25) is 5.91 Å². The number of nitrogens with two attached hydrogens (primary N) is 1. The van der Waals surface area contributed by atoms with Gasteiger partial charge in [0.1, 0.15) is 5.82 Å². The molecular formula is C14H13Cl2N3OS. The van der Waals surface area contributed by atoms with Gasteiger partial charge in [-0.15, -0.1) is 11.8 Å². The topological polar surface area (TPSA) is 68.0 Å². The highest BCUT2D eigenvalue weighted by Crippen LogP contribution is 2.26. The lowest BCUT2D eigenvalue weighted by Gasteiger charge is -2.07. The van der Waals surface area contributed by atoms with E-state index in [-0.39, 0.29) is 5.91 Å². The Balaban J connectivity index is 1.82. The van der Waals surface area contributed by atoms with E-state index in [2.05, 4.69) is 10.3 Å². The maximum Gasteiger partial charge on any atom is 0.225 e. The summed E-state index contributed by atoms with van der Waals surface area (Å²) in [5.41, 5.74) is 6.03. The highest BCUT2D eigenvalue weighted by atomic mass is 35.5. The molecule has 0 aliphatic carbocycles. The number of pyridine rings is 1. The third-order valence-electron chi connectivity index (χ3n) is 2.56. The number of hydrogen-bond donors (Lipinski definition) is 2. The predicted molar refractivity (Wildman–Crippen MR) is 89.1 cm³/mol. The van der Waals surface area contributed by atoms with Crippen LogP contribution < -0.4 is 11.1 Å². The van der Waals surface area contributed by atoms with E-state index in [4.69, 9.17) is 28.9 Å². The van der Waals surface area contributed by atoms with Gasteiger partial charge >= 0.3 is 0 Å². The highest BCUT2D eigenvalue weighted by Gasteiger charge is 2.07. The number of amides is 1. The summed E-state index contributed by atoms with van der Waals surface area (Å²) in [7, 11) is 0. The number of benzene rings is 1. The van der Waals surface area contributed by atoms with E-state index in [1.54, 1.807) is 30.5 Å².